The number of hydrogen-bond donors (Lipinski definition) is 1. The predicted octanol–water partition coefficient (Wildman–Crippen LogP) is 9.95. The minimum atomic E-state index is -10.7. The molecule has 3 aliphatic heterocycles. The SMILES string of the molecule is F[P-](F)(F)(F)(F)F.Oc1cccc(N2c3cccc4c3C3c5c(cccc5Oc5cccc2c53)O4)c1. The van der Waals surface area contributed by atoms with Gasteiger partial charge in [-0.1, -0.05) is 24.3 Å². The molecule has 3 aliphatic rings. The molecular formula is C25H15F6NO3P-. The molecule has 4 nitrogen and oxygen atoms in total. The molecule has 0 spiro atoms. The van der Waals surface area contributed by atoms with E-state index < -0.39 is 7.81 Å². The molecule has 0 saturated carbocycles. The monoisotopic (exact) mass is 522 g/mol. The molecule has 0 amide bonds. The smallest absolute Gasteiger partial charge is 0.135 e. The van der Waals surface area contributed by atoms with Crippen molar-refractivity contribution in [2.45, 2.75) is 5.92 Å². The molecule has 4 aromatic carbocycles. The van der Waals surface area contributed by atoms with Gasteiger partial charge in [0.2, 0.25) is 0 Å². The molecule has 3 heterocycles. The summed E-state index contributed by atoms with van der Waals surface area (Å²) in [6.07, 6.45) is 0. The standard InChI is InChI=1S/C25H15NO3.F6P/c27-15-6-1-5-14(13-15)26-16-7-2-9-18-22(16)25-23-17(26)8-3-10-19(23)29-21-12-4-11-20(28-18)24(21)25;1-7(2,3,4,5)6/h1-13,25,27H;/q;-1. The van der Waals surface area contributed by atoms with E-state index in [1.54, 1.807) is 12.1 Å². The largest absolute Gasteiger partial charge is 0.508 e. The molecule has 11 heteroatoms. The Kier molecular flexibility index (Phi) is 4.16. The van der Waals surface area contributed by atoms with E-state index in [1.165, 1.54) is 0 Å². The Morgan fingerprint density at radius 3 is 1.50 bits per heavy atom. The molecule has 4 aromatic rings. The first-order valence-corrected chi connectivity index (χ1v) is 12.7. The summed E-state index contributed by atoms with van der Waals surface area (Å²) in [5.41, 5.74) is 6.38. The Morgan fingerprint density at radius 1 is 0.611 bits per heavy atom. The second kappa shape index (κ2) is 6.64. The second-order valence-corrected chi connectivity index (χ2v) is 10.4. The van der Waals surface area contributed by atoms with Gasteiger partial charge in [0, 0.05) is 28.4 Å². The van der Waals surface area contributed by atoms with Gasteiger partial charge in [-0.15, -0.1) is 0 Å². The molecule has 36 heavy (non-hydrogen) atoms. The average Bonchev–Trinajstić information content (AvgIpc) is 2.77. The van der Waals surface area contributed by atoms with Crippen LogP contribution in [0.5, 0.6) is 28.7 Å². The van der Waals surface area contributed by atoms with Crippen LogP contribution in [0, 0.1) is 0 Å². The van der Waals surface area contributed by atoms with E-state index in [0.29, 0.717) is 0 Å². The maximum atomic E-state index is 10.1. The predicted molar refractivity (Wildman–Crippen MR) is 124 cm³/mol. The summed E-state index contributed by atoms with van der Waals surface area (Å²) in [7, 11) is -10.7. The van der Waals surface area contributed by atoms with E-state index in [4.69, 9.17) is 9.47 Å². The first kappa shape index (κ1) is 22.5. The van der Waals surface area contributed by atoms with Crippen LogP contribution in [0.4, 0.5) is 42.2 Å². The summed E-state index contributed by atoms with van der Waals surface area (Å²) in [6, 6.07) is 25.6. The zero-order valence-corrected chi connectivity index (χ0v) is 18.9. The van der Waals surface area contributed by atoms with E-state index in [9.17, 15) is 30.3 Å². The number of phenols is 1. The van der Waals surface area contributed by atoms with Gasteiger partial charge >= 0.3 is 33.0 Å². The molecule has 0 saturated heterocycles. The second-order valence-electron chi connectivity index (χ2n) is 8.50. The summed E-state index contributed by atoms with van der Waals surface area (Å²) < 4.78 is 71.8. The minimum absolute atomic E-state index is 0.0645. The van der Waals surface area contributed by atoms with Crippen LogP contribution in [-0.4, -0.2) is 5.11 Å². The van der Waals surface area contributed by atoms with Crippen LogP contribution in [0.1, 0.15) is 22.6 Å². The number of rotatable bonds is 1. The molecule has 7 rings (SSSR count). The van der Waals surface area contributed by atoms with Crippen LogP contribution in [0.2, 0.25) is 0 Å². The van der Waals surface area contributed by atoms with Gasteiger partial charge in [-0.25, -0.2) is 0 Å². The first-order chi connectivity index (χ1) is 16.7. The van der Waals surface area contributed by atoms with E-state index in [-0.39, 0.29) is 11.7 Å². The van der Waals surface area contributed by atoms with Crippen molar-refractivity contribution >= 4 is 24.9 Å². The molecule has 0 bridgehead atoms. The van der Waals surface area contributed by atoms with Crippen molar-refractivity contribution in [3.8, 4) is 28.7 Å². The first-order valence-electron chi connectivity index (χ1n) is 10.6. The Hall–Kier alpha value is -3.91. The summed E-state index contributed by atoms with van der Waals surface area (Å²) >= 11 is 0. The Bertz CT molecular complexity index is 1490. The molecule has 0 unspecified atom stereocenters. The van der Waals surface area contributed by atoms with Crippen molar-refractivity contribution < 1.29 is 39.8 Å². The Balaban J connectivity index is 0.000000305. The zero-order chi connectivity index (χ0) is 25.5. The number of anilines is 3. The third-order valence-corrected chi connectivity index (χ3v) is 5.99. The number of phenolic OH excluding ortho intramolecular Hbond substituents is 1. The van der Waals surface area contributed by atoms with Crippen LogP contribution in [-0.2, 0) is 0 Å². The number of hydrogen-bond acceptors (Lipinski definition) is 4. The zero-order valence-electron chi connectivity index (χ0n) is 18.0. The third kappa shape index (κ3) is 3.97. The Morgan fingerprint density at radius 2 is 1.03 bits per heavy atom. The van der Waals surface area contributed by atoms with Crippen molar-refractivity contribution in [3.63, 3.8) is 0 Å². The van der Waals surface area contributed by atoms with Crippen molar-refractivity contribution in [1.82, 2.24) is 0 Å². The third-order valence-electron chi connectivity index (χ3n) is 5.99. The topological polar surface area (TPSA) is 41.9 Å². The molecular weight excluding hydrogens is 507 g/mol. The number of benzene rings is 4. The van der Waals surface area contributed by atoms with Crippen molar-refractivity contribution in [2.75, 3.05) is 4.90 Å². The van der Waals surface area contributed by atoms with Gasteiger partial charge < -0.3 is 19.5 Å². The normalized spacial score (nSPS) is 16.3. The van der Waals surface area contributed by atoms with Gasteiger partial charge in [-0.3, -0.25) is 0 Å². The average molecular weight is 522 g/mol. The molecule has 0 aromatic heterocycles. The summed E-state index contributed by atoms with van der Waals surface area (Å²) in [4.78, 5) is 2.18. The van der Waals surface area contributed by atoms with Crippen molar-refractivity contribution in [3.05, 3.63) is 95.6 Å². The van der Waals surface area contributed by atoms with Gasteiger partial charge in [0.25, 0.3) is 0 Å². The van der Waals surface area contributed by atoms with Crippen LogP contribution >= 0.6 is 7.81 Å². The fourth-order valence-corrected chi connectivity index (χ4v) is 4.91. The molecule has 0 radical (unpaired) electrons. The van der Waals surface area contributed by atoms with Crippen LogP contribution in [0.15, 0.2) is 78.9 Å². The Labute approximate surface area is 200 Å². The summed E-state index contributed by atoms with van der Waals surface area (Å²) in [5.74, 6) is 3.73. The minimum Gasteiger partial charge on any atom is -0.508 e. The van der Waals surface area contributed by atoms with E-state index in [2.05, 4.69) is 17.0 Å². The molecule has 0 atom stereocenters. The van der Waals surface area contributed by atoms with E-state index in [1.807, 2.05) is 54.6 Å². The summed E-state index contributed by atoms with van der Waals surface area (Å²) in [5, 5.41) is 10.1. The quantitative estimate of drug-likeness (QED) is 0.172. The number of ether oxygens (including phenoxy) is 2. The maximum Gasteiger partial charge on any atom is 0.135 e. The van der Waals surface area contributed by atoms with Gasteiger partial charge in [0.15, 0.2) is 0 Å². The van der Waals surface area contributed by atoms with E-state index >= 15 is 0 Å². The van der Waals surface area contributed by atoms with Crippen molar-refractivity contribution in [1.29, 1.82) is 0 Å². The fourth-order valence-electron chi connectivity index (χ4n) is 4.91. The van der Waals surface area contributed by atoms with Crippen LogP contribution in [0.3, 0.4) is 0 Å². The molecule has 0 fully saturated rings. The molecule has 186 valence electrons. The van der Waals surface area contributed by atoms with Gasteiger partial charge in [0.1, 0.15) is 28.7 Å². The van der Waals surface area contributed by atoms with Crippen LogP contribution in [0.25, 0.3) is 0 Å². The molecule has 1 N–H and O–H groups in total. The molecule has 0 aliphatic carbocycles. The van der Waals surface area contributed by atoms with Gasteiger partial charge in [-0.05, 0) is 48.5 Å². The summed E-state index contributed by atoms with van der Waals surface area (Å²) in [6.45, 7) is 0. The number of halogens is 6. The van der Waals surface area contributed by atoms with Crippen LogP contribution < -0.4 is 14.4 Å². The van der Waals surface area contributed by atoms with Gasteiger partial charge in [-0.2, -0.15) is 0 Å². The number of nitrogens with zero attached hydrogens (tertiary/aromatic N) is 1. The van der Waals surface area contributed by atoms with E-state index in [0.717, 1.165) is 56.8 Å². The van der Waals surface area contributed by atoms with Gasteiger partial charge in [0.05, 0.1) is 17.3 Å². The fraction of sp³-hybridized carbons (Fsp3) is 0.0400. The number of aromatic hydroxyl groups is 1. The van der Waals surface area contributed by atoms with Crippen molar-refractivity contribution in [2.24, 2.45) is 0 Å². The maximum absolute atomic E-state index is 10.7.